The lowest BCUT2D eigenvalue weighted by Gasteiger charge is -2.44. The van der Waals surface area contributed by atoms with Crippen molar-refractivity contribution in [2.24, 2.45) is 0 Å². The molecule has 110 valence electrons. The molecule has 1 N–H and O–H groups in total. The second-order valence-electron chi connectivity index (χ2n) is 6.38. The lowest BCUT2D eigenvalue weighted by Crippen LogP contribution is -2.51. The van der Waals surface area contributed by atoms with Crippen LogP contribution in [-0.2, 0) is 9.53 Å². The van der Waals surface area contributed by atoms with Crippen LogP contribution in [0.3, 0.4) is 0 Å². The second-order valence-corrected chi connectivity index (χ2v) is 6.38. The van der Waals surface area contributed by atoms with Gasteiger partial charge in [0.1, 0.15) is 0 Å². The van der Waals surface area contributed by atoms with Crippen molar-refractivity contribution in [2.45, 2.75) is 76.0 Å². The molecule has 0 bridgehead atoms. The van der Waals surface area contributed by atoms with E-state index in [-0.39, 0.29) is 18.1 Å². The Kier molecular flexibility index (Phi) is 4.85. The third-order valence-electron chi connectivity index (χ3n) is 4.87. The van der Waals surface area contributed by atoms with Crippen LogP contribution in [-0.4, -0.2) is 47.3 Å². The molecule has 0 aromatic carbocycles. The van der Waals surface area contributed by atoms with E-state index in [0.29, 0.717) is 6.10 Å². The first-order valence-corrected chi connectivity index (χ1v) is 7.60. The summed E-state index contributed by atoms with van der Waals surface area (Å²) >= 11 is 0. The number of carbonyl (C=O) groups is 1. The zero-order chi connectivity index (χ0) is 13.9. The first-order valence-electron chi connectivity index (χ1n) is 7.60. The van der Waals surface area contributed by atoms with E-state index in [1.165, 1.54) is 6.42 Å². The molecule has 1 saturated heterocycles. The van der Waals surface area contributed by atoms with Crippen LogP contribution in [0.2, 0.25) is 0 Å². The molecule has 2 unspecified atom stereocenters. The third-order valence-corrected chi connectivity index (χ3v) is 4.87. The fourth-order valence-electron chi connectivity index (χ4n) is 3.70. The van der Waals surface area contributed by atoms with E-state index in [4.69, 9.17) is 4.74 Å². The van der Waals surface area contributed by atoms with Gasteiger partial charge in [0.25, 0.3) is 0 Å². The van der Waals surface area contributed by atoms with E-state index >= 15 is 0 Å². The number of carboxylic acid groups (broad SMARTS) is 1. The van der Waals surface area contributed by atoms with E-state index < -0.39 is 5.97 Å². The molecule has 2 aliphatic rings. The van der Waals surface area contributed by atoms with Crippen molar-refractivity contribution in [3.63, 3.8) is 0 Å². The number of hydrogen-bond donors (Lipinski definition) is 1. The van der Waals surface area contributed by atoms with Crippen LogP contribution >= 0.6 is 0 Å². The highest BCUT2D eigenvalue weighted by atomic mass is 16.5. The maximum absolute atomic E-state index is 11.2. The lowest BCUT2D eigenvalue weighted by molar-refractivity contribution is -0.141. The molecule has 0 radical (unpaired) electrons. The Bertz CT molecular complexity index is 313. The van der Waals surface area contributed by atoms with Gasteiger partial charge in [0, 0.05) is 12.1 Å². The minimum Gasteiger partial charge on any atom is -0.481 e. The maximum atomic E-state index is 11.2. The van der Waals surface area contributed by atoms with E-state index in [1.807, 2.05) is 0 Å². The van der Waals surface area contributed by atoms with Gasteiger partial charge in [-0.05, 0) is 39.7 Å². The molecule has 0 spiro atoms. The van der Waals surface area contributed by atoms with Crippen LogP contribution in [0.25, 0.3) is 0 Å². The van der Waals surface area contributed by atoms with Crippen molar-refractivity contribution in [2.75, 3.05) is 13.6 Å². The zero-order valence-electron chi connectivity index (χ0n) is 12.2. The minimum atomic E-state index is -0.672. The Balaban J connectivity index is 1.98. The number of nitrogens with zero attached hydrogens (tertiary/aromatic N) is 1. The maximum Gasteiger partial charge on any atom is 0.305 e. The Morgan fingerprint density at radius 2 is 2.00 bits per heavy atom. The van der Waals surface area contributed by atoms with Crippen molar-refractivity contribution >= 4 is 5.97 Å². The molecular formula is C15H27NO3. The Morgan fingerprint density at radius 1 is 1.32 bits per heavy atom. The molecule has 0 aromatic heterocycles. The molecule has 1 aliphatic heterocycles. The molecular weight excluding hydrogens is 242 g/mol. The van der Waals surface area contributed by atoms with Gasteiger partial charge in [-0.3, -0.25) is 9.69 Å². The number of aliphatic carboxylic acids is 1. The summed E-state index contributed by atoms with van der Waals surface area (Å²) in [7, 11) is 2.08. The second kappa shape index (κ2) is 6.23. The number of carboxylic acids is 1. The molecule has 0 amide bonds. The van der Waals surface area contributed by atoms with E-state index in [1.54, 1.807) is 0 Å². The molecule has 4 heteroatoms. The van der Waals surface area contributed by atoms with Crippen LogP contribution < -0.4 is 0 Å². The Hall–Kier alpha value is -0.610. The summed E-state index contributed by atoms with van der Waals surface area (Å²) in [5.74, 6) is -0.672. The molecule has 2 atom stereocenters. The smallest absolute Gasteiger partial charge is 0.305 e. The highest BCUT2D eigenvalue weighted by molar-refractivity contribution is 5.68. The highest BCUT2D eigenvalue weighted by Crippen LogP contribution is 2.36. The standard InChI is InChI=1S/C15H27NO3/c1-12-6-7-13(19-12)11-16(2)15(10-14(17)18)8-4-3-5-9-15/h12-13H,3-11H2,1-2H3,(H,17,18). The quantitative estimate of drug-likeness (QED) is 0.833. The molecule has 1 aliphatic carbocycles. The number of likely N-dealkylation sites (N-methyl/N-ethyl adjacent to an activating group) is 1. The highest BCUT2D eigenvalue weighted by Gasteiger charge is 2.39. The SMILES string of the molecule is CC1CCC(CN(C)C2(CC(=O)O)CCCCC2)O1. The zero-order valence-corrected chi connectivity index (χ0v) is 12.2. The van der Waals surface area contributed by atoms with Gasteiger partial charge in [0.05, 0.1) is 18.6 Å². The predicted octanol–water partition coefficient (Wildman–Crippen LogP) is 2.66. The number of ether oxygens (including phenoxy) is 1. The van der Waals surface area contributed by atoms with E-state index in [2.05, 4.69) is 18.9 Å². The summed E-state index contributed by atoms with van der Waals surface area (Å²) in [5.41, 5.74) is -0.140. The van der Waals surface area contributed by atoms with Gasteiger partial charge < -0.3 is 9.84 Å². The number of rotatable bonds is 5. The normalized spacial score (nSPS) is 30.7. The Labute approximate surface area is 116 Å². The summed E-state index contributed by atoms with van der Waals surface area (Å²) in [6.45, 7) is 2.99. The summed E-state index contributed by atoms with van der Waals surface area (Å²) in [4.78, 5) is 13.5. The van der Waals surface area contributed by atoms with Crippen molar-refractivity contribution in [3.8, 4) is 0 Å². The monoisotopic (exact) mass is 269 g/mol. The van der Waals surface area contributed by atoms with Crippen LogP contribution in [0.5, 0.6) is 0 Å². The van der Waals surface area contributed by atoms with Crippen molar-refractivity contribution in [1.29, 1.82) is 0 Å². The molecule has 2 rings (SSSR count). The Morgan fingerprint density at radius 3 is 2.53 bits per heavy atom. The molecule has 1 heterocycles. The fraction of sp³-hybridized carbons (Fsp3) is 0.933. The van der Waals surface area contributed by atoms with Gasteiger partial charge in [-0.25, -0.2) is 0 Å². The van der Waals surface area contributed by atoms with Crippen LogP contribution in [0.1, 0.15) is 58.3 Å². The van der Waals surface area contributed by atoms with Crippen molar-refractivity contribution in [3.05, 3.63) is 0 Å². The first kappa shape index (κ1) is 14.8. The van der Waals surface area contributed by atoms with Gasteiger partial charge in [0.15, 0.2) is 0 Å². The molecule has 19 heavy (non-hydrogen) atoms. The van der Waals surface area contributed by atoms with Gasteiger partial charge in [-0.2, -0.15) is 0 Å². The lowest BCUT2D eigenvalue weighted by atomic mass is 9.78. The van der Waals surface area contributed by atoms with E-state index in [0.717, 1.165) is 45.1 Å². The summed E-state index contributed by atoms with van der Waals surface area (Å²) in [5, 5.41) is 9.22. The average molecular weight is 269 g/mol. The van der Waals surface area contributed by atoms with Gasteiger partial charge in [-0.1, -0.05) is 19.3 Å². The van der Waals surface area contributed by atoms with Crippen LogP contribution in [0.4, 0.5) is 0 Å². The summed E-state index contributed by atoms with van der Waals surface area (Å²) in [6.07, 6.45) is 8.72. The van der Waals surface area contributed by atoms with Crippen LogP contribution in [0.15, 0.2) is 0 Å². The topological polar surface area (TPSA) is 49.8 Å². The average Bonchev–Trinajstić information content (AvgIpc) is 2.75. The molecule has 1 saturated carbocycles. The summed E-state index contributed by atoms with van der Waals surface area (Å²) < 4.78 is 5.88. The predicted molar refractivity (Wildman–Crippen MR) is 74.3 cm³/mol. The summed E-state index contributed by atoms with van der Waals surface area (Å²) in [6, 6.07) is 0. The largest absolute Gasteiger partial charge is 0.481 e. The van der Waals surface area contributed by atoms with Gasteiger partial charge in [-0.15, -0.1) is 0 Å². The van der Waals surface area contributed by atoms with E-state index in [9.17, 15) is 9.90 Å². The van der Waals surface area contributed by atoms with Gasteiger partial charge >= 0.3 is 5.97 Å². The number of hydrogen-bond acceptors (Lipinski definition) is 3. The third kappa shape index (κ3) is 3.69. The fourth-order valence-corrected chi connectivity index (χ4v) is 3.70. The van der Waals surface area contributed by atoms with Crippen LogP contribution in [0, 0.1) is 0 Å². The van der Waals surface area contributed by atoms with Gasteiger partial charge in [0.2, 0.25) is 0 Å². The van der Waals surface area contributed by atoms with Crippen molar-refractivity contribution < 1.29 is 14.6 Å². The van der Waals surface area contributed by atoms with Crippen molar-refractivity contribution in [1.82, 2.24) is 4.90 Å². The molecule has 0 aromatic rings. The molecule has 4 nitrogen and oxygen atoms in total. The molecule has 2 fully saturated rings. The minimum absolute atomic E-state index is 0.140. The first-order chi connectivity index (χ1) is 9.02.